The highest BCUT2D eigenvalue weighted by Crippen LogP contribution is 2.55. The first kappa shape index (κ1) is 24.7. The SMILES string of the molecule is C1=CC2c3c(cccc3-c3nc(-c4ccccc4)nc(-c4ccccn4)n3)OC2c2c1n(-c1ccccc1)c1ccccc21. The van der Waals surface area contributed by atoms with Crippen molar-refractivity contribution in [2.75, 3.05) is 0 Å². The van der Waals surface area contributed by atoms with Gasteiger partial charge < -0.3 is 9.30 Å². The van der Waals surface area contributed by atoms with Crippen molar-refractivity contribution in [2.45, 2.75) is 12.0 Å². The molecule has 4 heterocycles. The average molecular weight is 568 g/mol. The Morgan fingerprint density at radius 2 is 1.36 bits per heavy atom. The molecule has 0 spiro atoms. The van der Waals surface area contributed by atoms with Gasteiger partial charge in [0.05, 0.1) is 11.2 Å². The number of benzene rings is 4. The first-order chi connectivity index (χ1) is 21.8. The molecule has 7 aromatic rings. The van der Waals surface area contributed by atoms with Gasteiger partial charge in [-0.2, -0.15) is 0 Å². The van der Waals surface area contributed by atoms with E-state index in [0.717, 1.165) is 33.8 Å². The van der Waals surface area contributed by atoms with Crippen molar-refractivity contribution in [3.05, 3.63) is 150 Å². The molecule has 0 N–H and O–H groups in total. The van der Waals surface area contributed by atoms with E-state index in [0.29, 0.717) is 23.2 Å². The van der Waals surface area contributed by atoms with Crippen LogP contribution in [0.3, 0.4) is 0 Å². The van der Waals surface area contributed by atoms with Crippen LogP contribution >= 0.6 is 0 Å². The highest BCUT2D eigenvalue weighted by molar-refractivity contribution is 5.92. The molecule has 9 rings (SSSR count). The van der Waals surface area contributed by atoms with Gasteiger partial charge in [-0.25, -0.2) is 15.0 Å². The van der Waals surface area contributed by atoms with Crippen molar-refractivity contribution in [2.24, 2.45) is 0 Å². The van der Waals surface area contributed by atoms with E-state index in [-0.39, 0.29) is 12.0 Å². The third kappa shape index (κ3) is 3.81. The second-order valence-electron chi connectivity index (χ2n) is 11.0. The van der Waals surface area contributed by atoms with Crippen LogP contribution in [-0.4, -0.2) is 24.5 Å². The standard InChI is InChI=1S/C38H25N5O/c1-3-12-24(13-4-1)36-40-37(42-38(41-36)29-18-9-10-23-39-29)28-17-11-20-32-33(28)27-21-22-31-34(35(27)44-32)26-16-7-8-19-30(26)43(31)25-14-5-2-6-15-25/h1-23,27,35H. The summed E-state index contributed by atoms with van der Waals surface area (Å²) in [5.41, 5.74) is 8.30. The minimum absolute atomic E-state index is 0.000953. The molecule has 0 bridgehead atoms. The Kier molecular flexibility index (Phi) is 5.53. The van der Waals surface area contributed by atoms with Crippen molar-refractivity contribution >= 4 is 17.0 Å². The lowest BCUT2D eigenvalue weighted by molar-refractivity contribution is 0.224. The highest BCUT2D eigenvalue weighted by atomic mass is 16.5. The zero-order valence-corrected chi connectivity index (χ0v) is 23.6. The van der Waals surface area contributed by atoms with Gasteiger partial charge >= 0.3 is 0 Å². The molecule has 3 aromatic heterocycles. The third-order valence-corrected chi connectivity index (χ3v) is 8.49. The summed E-state index contributed by atoms with van der Waals surface area (Å²) in [6.07, 6.45) is 6.11. The van der Waals surface area contributed by atoms with Crippen molar-refractivity contribution in [1.29, 1.82) is 0 Å². The summed E-state index contributed by atoms with van der Waals surface area (Å²) < 4.78 is 9.17. The minimum atomic E-state index is -0.174. The number of hydrogen-bond acceptors (Lipinski definition) is 5. The second kappa shape index (κ2) is 9.85. The molecular weight excluding hydrogens is 542 g/mol. The van der Waals surface area contributed by atoms with Gasteiger partial charge in [0.1, 0.15) is 17.5 Å². The molecule has 0 amide bonds. The molecule has 6 heteroatoms. The number of nitrogens with zero attached hydrogens (tertiary/aromatic N) is 5. The number of hydrogen-bond donors (Lipinski definition) is 0. The van der Waals surface area contributed by atoms with Crippen molar-refractivity contribution < 1.29 is 4.74 Å². The van der Waals surface area contributed by atoms with E-state index in [1.807, 2.05) is 54.6 Å². The molecule has 0 saturated heterocycles. The number of pyridine rings is 1. The van der Waals surface area contributed by atoms with E-state index in [4.69, 9.17) is 19.7 Å². The summed E-state index contributed by atoms with van der Waals surface area (Å²) in [5.74, 6) is 2.60. The Bertz CT molecular complexity index is 2150. The Labute approximate surface area is 254 Å². The summed E-state index contributed by atoms with van der Waals surface area (Å²) in [6, 6.07) is 41.1. The van der Waals surface area contributed by atoms with E-state index in [1.54, 1.807) is 6.20 Å². The summed E-state index contributed by atoms with van der Waals surface area (Å²) in [5, 5.41) is 1.20. The summed E-state index contributed by atoms with van der Waals surface area (Å²) in [6.45, 7) is 0. The van der Waals surface area contributed by atoms with Crippen LogP contribution < -0.4 is 4.74 Å². The number of ether oxygens (including phenoxy) is 1. The highest BCUT2D eigenvalue weighted by Gasteiger charge is 2.42. The van der Waals surface area contributed by atoms with Crippen LogP contribution in [0.25, 0.3) is 57.0 Å². The molecule has 6 nitrogen and oxygen atoms in total. The van der Waals surface area contributed by atoms with Crippen LogP contribution in [-0.2, 0) is 0 Å². The topological polar surface area (TPSA) is 65.7 Å². The van der Waals surface area contributed by atoms with Crippen molar-refractivity contribution in [3.63, 3.8) is 0 Å². The third-order valence-electron chi connectivity index (χ3n) is 8.49. The van der Waals surface area contributed by atoms with E-state index < -0.39 is 0 Å². The molecular formula is C38H25N5O. The maximum atomic E-state index is 6.84. The number of aromatic nitrogens is 5. The fraction of sp³-hybridized carbons (Fsp3) is 0.0526. The monoisotopic (exact) mass is 567 g/mol. The molecule has 2 atom stereocenters. The van der Waals surface area contributed by atoms with Gasteiger partial charge in [-0.3, -0.25) is 4.98 Å². The van der Waals surface area contributed by atoms with Gasteiger partial charge in [0.15, 0.2) is 17.5 Å². The van der Waals surface area contributed by atoms with Crippen LogP contribution in [0.4, 0.5) is 0 Å². The minimum Gasteiger partial charge on any atom is -0.484 e. The molecule has 1 aliphatic carbocycles. The largest absolute Gasteiger partial charge is 0.484 e. The maximum Gasteiger partial charge on any atom is 0.182 e. The Hall–Kier alpha value is -5.88. The summed E-state index contributed by atoms with van der Waals surface area (Å²) >= 11 is 0. The molecule has 44 heavy (non-hydrogen) atoms. The van der Waals surface area contributed by atoms with Crippen molar-refractivity contribution in [1.82, 2.24) is 24.5 Å². The van der Waals surface area contributed by atoms with Crippen LogP contribution in [0.2, 0.25) is 0 Å². The Morgan fingerprint density at radius 3 is 2.20 bits per heavy atom. The fourth-order valence-corrected chi connectivity index (χ4v) is 6.60. The predicted molar refractivity (Wildman–Crippen MR) is 172 cm³/mol. The molecule has 0 saturated carbocycles. The molecule has 1 aliphatic heterocycles. The van der Waals surface area contributed by atoms with Crippen LogP contribution in [0.5, 0.6) is 5.75 Å². The lowest BCUT2D eigenvalue weighted by Gasteiger charge is -2.22. The van der Waals surface area contributed by atoms with Crippen LogP contribution in [0.1, 0.15) is 28.8 Å². The van der Waals surface area contributed by atoms with Gasteiger partial charge in [0.2, 0.25) is 0 Å². The van der Waals surface area contributed by atoms with Gasteiger partial charge in [0, 0.05) is 45.4 Å². The van der Waals surface area contributed by atoms with Gasteiger partial charge in [-0.15, -0.1) is 0 Å². The fourth-order valence-electron chi connectivity index (χ4n) is 6.60. The normalized spacial score (nSPS) is 16.3. The molecule has 4 aromatic carbocycles. The van der Waals surface area contributed by atoms with E-state index >= 15 is 0 Å². The predicted octanol–water partition coefficient (Wildman–Crippen LogP) is 8.46. The molecule has 0 radical (unpaired) electrons. The zero-order chi connectivity index (χ0) is 29.0. The number of fused-ring (bicyclic) bond motifs is 7. The van der Waals surface area contributed by atoms with Crippen LogP contribution in [0.15, 0.2) is 134 Å². The Balaban J connectivity index is 1.22. The van der Waals surface area contributed by atoms with Gasteiger partial charge in [-0.05, 0) is 42.5 Å². The second-order valence-corrected chi connectivity index (χ2v) is 11.0. The molecule has 0 fully saturated rings. The van der Waals surface area contributed by atoms with Crippen molar-refractivity contribution in [3.8, 4) is 45.7 Å². The zero-order valence-electron chi connectivity index (χ0n) is 23.6. The maximum absolute atomic E-state index is 6.84. The van der Waals surface area contributed by atoms with Gasteiger partial charge in [0.25, 0.3) is 0 Å². The first-order valence-electron chi connectivity index (χ1n) is 14.7. The summed E-state index contributed by atoms with van der Waals surface area (Å²) in [7, 11) is 0. The smallest absolute Gasteiger partial charge is 0.182 e. The van der Waals surface area contributed by atoms with E-state index in [1.165, 1.54) is 16.5 Å². The number of rotatable bonds is 4. The lowest BCUT2D eigenvalue weighted by Crippen LogP contribution is -2.14. The summed E-state index contributed by atoms with van der Waals surface area (Å²) in [4.78, 5) is 19.4. The lowest BCUT2D eigenvalue weighted by atomic mass is 9.83. The van der Waals surface area contributed by atoms with Gasteiger partial charge in [-0.1, -0.05) is 91.0 Å². The molecule has 208 valence electrons. The first-order valence-corrected chi connectivity index (χ1v) is 14.7. The van der Waals surface area contributed by atoms with E-state index in [9.17, 15) is 0 Å². The molecule has 2 unspecified atom stereocenters. The van der Waals surface area contributed by atoms with Crippen LogP contribution in [0, 0.1) is 0 Å². The Morgan fingerprint density at radius 1 is 0.614 bits per heavy atom. The quantitative estimate of drug-likeness (QED) is 0.213. The number of para-hydroxylation sites is 2. The van der Waals surface area contributed by atoms with E-state index in [2.05, 4.69) is 88.4 Å². The molecule has 2 aliphatic rings. The average Bonchev–Trinajstić information content (AvgIpc) is 3.65.